The van der Waals surface area contributed by atoms with E-state index in [1.54, 1.807) is 0 Å². The van der Waals surface area contributed by atoms with Crippen molar-refractivity contribution in [3.05, 3.63) is 17.5 Å². The number of hydrogen-bond donors (Lipinski definition) is 0. The average Bonchev–Trinajstić information content (AvgIpc) is 2.67. The van der Waals surface area contributed by atoms with Crippen LogP contribution in [0.1, 0.15) is 38.6 Å². The third-order valence-electron chi connectivity index (χ3n) is 2.43. The fourth-order valence-corrected chi connectivity index (χ4v) is 1.56. The molecule has 1 rings (SSSR count). The fourth-order valence-electron chi connectivity index (χ4n) is 1.56. The molecule has 0 aromatic carbocycles. The quantitative estimate of drug-likeness (QED) is 0.646. The summed E-state index contributed by atoms with van der Waals surface area (Å²) < 4.78 is 7.55. The molecule has 1 aromatic rings. The molecule has 3 heteroatoms. The normalized spacial score (nSPS) is 10.9. The van der Waals surface area contributed by atoms with Gasteiger partial charge in [0.2, 0.25) is 0 Å². The number of aryl methyl sites for hydroxylation is 2. The lowest BCUT2D eigenvalue weighted by Crippen LogP contribution is -2.10. The summed E-state index contributed by atoms with van der Waals surface area (Å²) in [6, 6.07) is 2.19. The molecule has 0 saturated carbocycles. The predicted molar refractivity (Wildman–Crippen MR) is 62.1 cm³/mol. The van der Waals surface area contributed by atoms with Gasteiger partial charge in [0.05, 0.1) is 18.8 Å². The van der Waals surface area contributed by atoms with Gasteiger partial charge in [-0.1, -0.05) is 20.8 Å². The van der Waals surface area contributed by atoms with Crippen molar-refractivity contribution < 1.29 is 4.74 Å². The Labute approximate surface area is 92.4 Å². The van der Waals surface area contributed by atoms with Gasteiger partial charge >= 0.3 is 0 Å². The Morgan fingerprint density at radius 1 is 1.20 bits per heavy atom. The van der Waals surface area contributed by atoms with Crippen molar-refractivity contribution in [2.45, 2.75) is 46.6 Å². The summed E-state index contributed by atoms with van der Waals surface area (Å²) in [5, 5.41) is 4.53. The monoisotopic (exact) mass is 210 g/mol. The van der Waals surface area contributed by atoms with Crippen LogP contribution in [0.5, 0.6) is 0 Å². The molecule has 3 nitrogen and oxygen atoms in total. The van der Waals surface area contributed by atoms with E-state index in [2.05, 4.69) is 36.6 Å². The highest BCUT2D eigenvalue weighted by atomic mass is 16.5. The first kappa shape index (κ1) is 12.2. The smallest absolute Gasteiger partial charge is 0.0662 e. The van der Waals surface area contributed by atoms with Crippen LogP contribution in [0.4, 0.5) is 0 Å². The fraction of sp³-hybridized carbons (Fsp3) is 0.750. The number of nitrogens with zero attached hydrogens (tertiary/aromatic N) is 2. The zero-order chi connectivity index (χ0) is 11.1. The van der Waals surface area contributed by atoms with Crippen LogP contribution in [0.2, 0.25) is 0 Å². The van der Waals surface area contributed by atoms with Crippen molar-refractivity contribution in [1.29, 1.82) is 0 Å². The van der Waals surface area contributed by atoms with Crippen LogP contribution >= 0.6 is 0 Å². The van der Waals surface area contributed by atoms with E-state index >= 15 is 0 Å². The lowest BCUT2D eigenvalue weighted by atomic mass is 10.3. The number of hydrogen-bond acceptors (Lipinski definition) is 2. The minimum absolute atomic E-state index is 0.770. The van der Waals surface area contributed by atoms with E-state index in [9.17, 15) is 0 Å². The molecule has 0 fully saturated rings. The van der Waals surface area contributed by atoms with Crippen LogP contribution < -0.4 is 0 Å². The van der Waals surface area contributed by atoms with Crippen molar-refractivity contribution in [3.8, 4) is 0 Å². The Hall–Kier alpha value is -0.830. The van der Waals surface area contributed by atoms with Gasteiger partial charge in [-0.15, -0.1) is 0 Å². The highest BCUT2D eigenvalue weighted by molar-refractivity contribution is 5.10. The summed E-state index contributed by atoms with van der Waals surface area (Å²) in [4.78, 5) is 0. The summed E-state index contributed by atoms with van der Waals surface area (Å²) in [7, 11) is 0. The first-order valence-corrected chi connectivity index (χ1v) is 5.95. The van der Waals surface area contributed by atoms with Gasteiger partial charge in [-0.25, -0.2) is 0 Å². The number of aromatic nitrogens is 2. The largest absolute Gasteiger partial charge is 0.380 e. The van der Waals surface area contributed by atoms with Crippen LogP contribution in [-0.2, 0) is 24.1 Å². The van der Waals surface area contributed by atoms with Crippen LogP contribution in [-0.4, -0.2) is 23.0 Å². The lowest BCUT2D eigenvalue weighted by molar-refractivity contribution is 0.123. The van der Waals surface area contributed by atoms with Gasteiger partial charge in [-0.05, 0) is 25.3 Å². The Kier molecular flexibility index (Phi) is 5.40. The third-order valence-corrected chi connectivity index (χ3v) is 2.43. The molecule has 0 spiro atoms. The molecular formula is C12H22N2O. The first-order chi connectivity index (χ1) is 7.31. The Bertz CT molecular complexity index is 281. The van der Waals surface area contributed by atoms with Gasteiger partial charge in [0, 0.05) is 12.3 Å². The second-order valence-corrected chi connectivity index (χ2v) is 3.67. The van der Waals surface area contributed by atoms with E-state index in [1.165, 1.54) is 11.4 Å². The standard InChI is InChI=1S/C12H22N2O/c1-4-8-15-9-7-14-12(6-3)10-11(5-2)13-14/h10H,4-9H2,1-3H3. The first-order valence-electron chi connectivity index (χ1n) is 5.95. The van der Waals surface area contributed by atoms with Crippen molar-refractivity contribution >= 4 is 0 Å². The van der Waals surface area contributed by atoms with Crippen LogP contribution in [0.3, 0.4) is 0 Å². The zero-order valence-corrected chi connectivity index (χ0v) is 10.1. The second kappa shape index (κ2) is 6.62. The summed E-state index contributed by atoms with van der Waals surface area (Å²) in [5.41, 5.74) is 2.49. The Morgan fingerprint density at radius 2 is 2.00 bits per heavy atom. The summed E-state index contributed by atoms with van der Waals surface area (Å²) in [6.45, 7) is 8.93. The minimum atomic E-state index is 0.770. The highest BCUT2D eigenvalue weighted by Crippen LogP contribution is 2.06. The molecular weight excluding hydrogens is 188 g/mol. The van der Waals surface area contributed by atoms with Gasteiger partial charge in [0.15, 0.2) is 0 Å². The highest BCUT2D eigenvalue weighted by Gasteiger charge is 2.04. The van der Waals surface area contributed by atoms with E-state index < -0.39 is 0 Å². The molecule has 0 saturated heterocycles. The van der Waals surface area contributed by atoms with Crippen LogP contribution in [0, 0.1) is 0 Å². The average molecular weight is 210 g/mol. The maximum absolute atomic E-state index is 5.47. The molecule has 0 aliphatic rings. The summed E-state index contributed by atoms with van der Waals surface area (Å²) in [6.07, 6.45) is 3.14. The molecule has 1 heterocycles. The van der Waals surface area contributed by atoms with Crippen LogP contribution in [0.15, 0.2) is 6.07 Å². The van der Waals surface area contributed by atoms with Gasteiger partial charge in [-0.2, -0.15) is 5.10 Å². The SMILES string of the molecule is CCCOCCn1nc(CC)cc1CC. The van der Waals surface area contributed by atoms with E-state index in [1.807, 2.05) is 0 Å². The number of ether oxygens (including phenoxy) is 1. The van der Waals surface area contributed by atoms with Crippen molar-refractivity contribution in [3.63, 3.8) is 0 Å². The lowest BCUT2D eigenvalue weighted by Gasteiger charge is -2.06. The van der Waals surface area contributed by atoms with Crippen molar-refractivity contribution in [2.75, 3.05) is 13.2 Å². The molecule has 0 aliphatic heterocycles. The van der Waals surface area contributed by atoms with Gasteiger partial charge in [0.1, 0.15) is 0 Å². The van der Waals surface area contributed by atoms with Gasteiger partial charge < -0.3 is 4.74 Å². The van der Waals surface area contributed by atoms with Gasteiger partial charge in [-0.3, -0.25) is 4.68 Å². The molecule has 0 bridgehead atoms. The third kappa shape index (κ3) is 3.67. The molecule has 0 aliphatic carbocycles. The molecule has 0 amide bonds. The minimum Gasteiger partial charge on any atom is -0.380 e. The van der Waals surface area contributed by atoms with E-state index in [0.717, 1.165) is 39.0 Å². The maximum atomic E-state index is 5.47. The molecule has 0 N–H and O–H groups in total. The summed E-state index contributed by atoms with van der Waals surface area (Å²) in [5.74, 6) is 0. The molecule has 0 atom stereocenters. The Balaban J connectivity index is 2.47. The Morgan fingerprint density at radius 3 is 2.60 bits per heavy atom. The predicted octanol–water partition coefficient (Wildman–Crippen LogP) is 2.43. The zero-order valence-electron chi connectivity index (χ0n) is 10.1. The molecule has 86 valence electrons. The van der Waals surface area contributed by atoms with Gasteiger partial charge in [0.25, 0.3) is 0 Å². The molecule has 15 heavy (non-hydrogen) atoms. The van der Waals surface area contributed by atoms with E-state index in [-0.39, 0.29) is 0 Å². The molecule has 0 unspecified atom stereocenters. The molecule has 1 aromatic heterocycles. The van der Waals surface area contributed by atoms with E-state index in [0.29, 0.717) is 0 Å². The van der Waals surface area contributed by atoms with Crippen molar-refractivity contribution in [1.82, 2.24) is 9.78 Å². The topological polar surface area (TPSA) is 27.1 Å². The number of rotatable bonds is 7. The second-order valence-electron chi connectivity index (χ2n) is 3.67. The van der Waals surface area contributed by atoms with Crippen molar-refractivity contribution in [2.24, 2.45) is 0 Å². The van der Waals surface area contributed by atoms with Crippen LogP contribution in [0.25, 0.3) is 0 Å². The molecule has 0 radical (unpaired) electrons. The van der Waals surface area contributed by atoms with E-state index in [4.69, 9.17) is 4.74 Å². The maximum Gasteiger partial charge on any atom is 0.0662 e. The summed E-state index contributed by atoms with van der Waals surface area (Å²) >= 11 is 0.